The molecule has 1 rings (SSSR count). The number of unbranched alkanes of at least 4 members (excludes halogenated alkanes) is 2. The summed E-state index contributed by atoms with van der Waals surface area (Å²) in [6.07, 6.45) is 6.66. The van der Waals surface area contributed by atoms with Crippen LogP contribution in [-0.2, 0) is 16.0 Å². The minimum absolute atomic E-state index is 0.225. The van der Waals surface area contributed by atoms with Gasteiger partial charge >= 0.3 is 5.97 Å². The fraction of sp³-hybridized carbons (Fsp3) is 0.591. The highest BCUT2D eigenvalue weighted by Gasteiger charge is 2.14. The van der Waals surface area contributed by atoms with Crippen LogP contribution in [0.15, 0.2) is 30.3 Å². The zero-order valence-electron chi connectivity index (χ0n) is 16.5. The van der Waals surface area contributed by atoms with Gasteiger partial charge in [0, 0.05) is 6.42 Å². The Morgan fingerprint density at radius 2 is 1.85 bits per heavy atom. The highest BCUT2D eigenvalue weighted by atomic mass is 16.5. The van der Waals surface area contributed by atoms with Gasteiger partial charge in [0.05, 0.1) is 25.4 Å². The number of aliphatic hydroxyl groups excluding tert-OH is 3. The molecule has 3 atom stereocenters. The van der Waals surface area contributed by atoms with Crippen molar-refractivity contribution in [2.24, 2.45) is 0 Å². The van der Waals surface area contributed by atoms with Crippen molar-refractivity contribution in [2.75, 3.05) is 7.11 Å². The normalized spacial score (nSPS) is 14.9. The number of ether oxygens (including phenoxy) is 1. The first kappa shape index (κ1) is 23.3. The fourth-order valence-corrected chi connectivity index (χ4v) is 2.93. The molecule has 0 aliphatic carbocycles. The molecule has 3 N–H and O–H groups in total. The lowest BCUT2D eigenvalue weighted by atomic mass is 9.97. The molecule has 0 fully saturated rings. The van der Waals surface area contributed by atoms with Crippen LogP contribution in [0.5, 0.6) is 0 Å². The summed E-state index contributed by atoms with van der Waals surface area (Å²) in [5, 5.41) is 30.4. The van der Waals surface area contributed by atoms with Crippen molar-refractivity contribution in [1.29, 1.82) is 0 Å². The molecule has 0 amide bonds. The minimum atomic E-state index is -1.01. The Bertz CT molecular complexity index is 570. The molecule has 27 heavy (non-hydrogen) atoms. The predicted octanol–water partition coefficient (Wildman–Crippen LogP) is 3.25. The smallest absolute Gasteiger partial charge is 0.305 e. The Kier molecular flexibility index (Phi) is 11.7. The highest BCUT2D eigenvalue weighted by Crippen LogP contribution is 2.17. The minimum Gasteiger partial charge on any atom is -0.469 e. The number of carbonyl (C=O) groups excluding carboxylic acids is 1. The summed E-state index contributed by atoms with van der Waals surface area (Å²) >= 11 is 0. The molecule has 0 bridgehead atoms. The van der Waals surface area contributed by atoms with Crippen molar-refractivity contribution >= 4 is 12.0 Å². The molecule has 0 unspecified atom stereocenters. The summed E-state index contributed by atoms with van der Waals surface area (Å²) in [6.45, 7) is 2.14. The van der Waals surface area contributed by atoms with Crippen LogP contribution in [0.3, 0.4) is 0 Å². The molecular formula is C22H34O5. The monoisotopic (exact) mass is 378 g/mol. The van der Waals surface area contributed by atoms with Crippen molar-refractivity contribution in [2.45, 2.75) is 76.6 Å². The molecule has 0 aromatic heterocycles. The Hall–Kier alpha value is -1.69. The molecule has 1 aromatic rings. The number of hydrogen-bond donors (Lipinski definition) is 3. The largest absolute Gasteiger partial charge is 0.469 e. The van der Waals surface area contributed by atoms with Crippen LogP contribution >= 0.6 is 0 Å². The second kappa shape index (κ2) is 13.5. The van der Waals surface area contributed by atoms with Gasteiger partial charge in [-0.15, -0.1) is 0 Å². The van der Waals surface area contributed by atoms with Crippen molar-refractivity contribution in [3.63, 3.8) is 0 Å². The van der Waals surface area contributed by atoms with Crippen LogP contribution < -0.4 is 0 Å². The van der Waals surface area contributed by atoms with Gasteiger partial charge in [0.2, 0.25) is 0 Å². The number of aliphatic hydroxyl groups is 3. The summed E-state index contributed by atoms with van der Waals surface area (Å²) in [6, 6.07) is 7.75. The van der Waals surface area contributed by atoms with Gasteiger partial charge < -0.3 is 20.1 Å². The van der Waals surface area contributed by atoms with Crippen molar-refractivity contribution in [3.8, 4) is 0 Å². The van der Waals surface area contributed by atoms with E-state index in [0.717, 1.165) is 36.8 Å². The summed E-state index contributed by atoms with van der Waals surface area (Å²) in [5.41, 5.74) is 1.94. The Balaban J connectivity index is 2.57. The Morgan fingerprint density at radius 3 is 2.56 bits per heavy atom. The number of rotatable bonds is 13. The summed E-state index contributed by atoms with van der Waals surface area (Å²) in [5.74, 6) is -0.321. The Morgan fingerprint density at radius 1 is 1.11 bits per heavy atom. The molecule has 5 nitrogen and oxygen atoms in total. The standard InChI is InChI=1S/C22H34O5/c1-3-4-5-11-19(23)16-18-10-7-6-9-17(18)14-15-21(25)20(24)12-8-13-22(26)27-2/h6-7,9-10,14-15,19-21,23-25H,3-5,8,11-13,16H2,1-2H3/b15-14+/t19-,20-,21+/m0/s1. The molecule has 0 aliphatic rings. The first-order valence-electron chi connectivity index (χ1n) is 9.85. The third kappa shape index (κ3) is 9.70. The quantitative estimate of drug-likeness (QED) is 0.362. The maximum Gasteiger partial charge on any atom is 0.305 e. The number of benzene rings is 1. The van der Waals surface area contributed by atoms with E-state index in [-0.39, 0.29) is 18.5 Å². The van der Waals surface area contributed by atoms with Crippen LogP contribution in [0.25, 0.3) is 6.08 Å². The SMILES string of the molecule is CCCCC[C@H](O)Cc1ccccc1/C=C/[C@@H](O)[C@@H](O)CCCC(=O)OC. The van der Waals surface area contributed by atoms with Crippen molar-refractivity contribution in [3.05, 3.63) is 41.5 Å². The summed E-state index contributed by atoms with van der Waals surface area (Å²) in [4.78, 5) is 11.1. The number of hydrogen-bond acceptors (Lipinski definition) is 5. The predicted molar refractivity (Wildman–Crippen MR) is 107 cm³/mol. The molecule has 1 aromatic carbocycles. The molecule has 0 radical (unpaired) electrons. The average molecular weight is 379 g/mol. The first-order valence-corrected chi connectivity index (χ1v) is 9.85. The zero-order valence-corrected chi connectivity index (χ0v) is 16.5. The van der Waals surface area contributed by atoms with E-state index in [0.29, 0.717) is 19.3 Å². The van der Waals surface area contributed by atoms with Gasteiger partial charge in [-0.2, -0.15) is 0 Å². The fourth-order valence-electron chi connectivity index (χ4n) is 2.93. The summed E-state index contributed by atoms with van der Waals surface area (Å²) in [7, 11) is 1.33. The van der Waals surface area contributed by atoms with Gasteiger partial charge in [-0.3, -0.25) is 4.79 Å². The van der Waals surface area contributed by atoms with Crippen LogP contribution in [-0.4, -0.2) is 46.7 Å². The maximum atomic E-state index is 11.1. The van der Waals surface area contributed by atoms with Gasteiger partial charge in [-0.05, 0) is 36.8 Å². The second-order valence-corrected chi connectivity index (χ2v) is 6.94. The van der Waals surface area contributed by atoms with E-state index in [1.54, 1.807) is 12.2 Å². The van der Waals surface area contributed by atoms with Crippen molar-refractivity contribution < 1.29 is 24.9 Å². The van der Waals surface area contributed by atoms with E-state index in [1.807, 2.05) is 24.3 Å². The van der Waals surface area contributed by atoms with Gasteiger partial charge in [-0.25, -0.2) is 0 Å². The molecule has 5 heteroatoms. The van der Waals surface area contributed by atoms with E-state index in [4.69, 9.17) is 0 Å². The van der Waals surface area contributed by atoms with E-state index >= 15 is 0 Å². The molecular weight excluding hydrogens is 344 g/mol. The topological polar surface area (TPSA) is 87.0 Å². The summed E-state index contributed by atoms with van der Waals surface area (Å²) < 4.78 is 4.56. The van der Waals surface area contributed by atoms with Crippen molar-refractivity contribution in [1.82, 2.24) is 0 Å². The molecule has 0 spiro atoms. The van der Waals surface area contributed by atoms with E-state index in [2.05, 4.69) is 11.7 Å². The lowest BCUT2D eigenvalue weighted by Crippen LogP contribution is -2.23. The lowest BCUT2D eigenvalue weighted by molar-refractivity contribution is -0.140. The van der Waals surface area contributed by atoms with Crippen LogP contribution in [0, 0.1) is 0 Å². The van der Waals surface area contributed by atoms with Crippen LogP contribution in [0.2, 0.25) is 0 Å². The van der Waals surface area contributed by atoms with Gasteiger partial charge in [-0.1, -0.05) is 62.6 Å². The van der Waals surface area contributed by atoms with E-state index in [9.17, 15) is 20.1 Å². The third-order valence-corrected chi connectivity index (χ3v) is 4.63. The zero-order chi connectivity index (χ0) is 20.1. The first-order chi connectivity index (χ1) is 13.0. The van der Waals surface area contributed by atoms with Crippen LogP contribution in [0.4, 0.5) is 0 Å². The second-order valence-electron chi connectivity index (χ2n) is 6.94. The van der Waals surface area contributed by atoms with E-state index in [1.165, 1.54) is 7.11 Å². The molecule has 0 saturated carbocycles. The average Bonchev–Trinajstić information content (AvgIpc) is 2.66. The van der Waals surface area contributed by atoms with Gasteiger partial charge in [0.1, 0.15) is 0 Å². The Labute approximate surface area is 162 Å². The van der Waals surface area contributed by atoms with Gasteiger partial charge in [0.25, 0.3) is 0 Å². The molecule has 0 saturated heterocycles. The maximum absolute atomic E-state index is 11.1. The number of carbonyl (C=O) groups is 1. The number of methoxy groups -OCH3 is 1. The number of esters is 1. The third-order valence-electron chi connectivity index (χ3n) is 4.63. The molecule has 0 heterocycles. The van der Waals surface area contributed by atoms with Gasteiger partial charge in [0.15, 0.2) is 0 Å². The van der Waals surface area contributed by atoms with Crippen LogP contribution in [0.1, 0.15) is 63.0 Å². The lowest BCUT2D eigenvalue weighted by Gasteiger charge is -2.15. The molecule has 152 valence electrons. The molecule has 0 aliphatic heterocycles. The highest BCUT2D eigenvalue weighted by molar-refractivity contribution is 5.69. The van der Waals surface area contributed by atoms with E-state index < -0.39 is 12.2 Å².